The van der Waals surface area contributed by atoms with Gasteiger partial charge in [0.15, 0.2) is 0 Å². The molecule has 2 nitrogen and oxygen atoms in total. The van der Waals surface area contributed by atoms with Gasteiger partial charge in [0, 0.05) is 12.6 Å². The van der Waals surface area contributed by atoms with E-state index in [0.717, 1.165) is 38.1 Å². The molecular weight excluding hydrogens is 267 g/mol. The molecule has 20 heavy (non-hydrogen) atoms. The molecule has 0 aliphatic heterocycles. The minimum Gasteiger partial charge on any atom is -0.372 e. The van der Waals surface area contributed by atoms with Crippen molar-refractivity contribution in [2.24, 2.45) is 11.8 Å². The zero-order valence-corrected chi connectivity index (χ0v) is 12.6. The first kappa shape index (κ1) is 17.8. The molecule has 0 aromatic heterocycles. The van der Waals surface area contributed by atoms with Crippen molar-refractivity contribution in [2.75, 3.05) is 19.8 Å². The number of hydrogen-bond acceptors (Lipinski definition) is 2. The summed E-state index contributed by atoms with van der Waals surface area (Å²) in [7, 11) is 0. The Kier molecular flexibility index (Phi) is 7.88. The van der Waals surface area contributed by atoms with E-state index in [-0.39, 0.29) is 6.61 Å². The third kappa shape index (κ3) is 6.93. The highest BCUT2D eigenvalue weighted by molar-refractivity contribution is 4.84. The number of alkyl halides is 3. The van der Waals surface area contributed by atoms with E-state index in [0.29, 0.717) is 12.0 Å². The van der Waals surface area contributed by atoms with E-state index in [4.69, 9.17) is 4.74 Å². The van der Waals surface area contributed by atoms with Crippen LogP contribution in [0.1, 0.15) is 52.4 Å². The largest absolute Gasteiger partial charge is 0.411 e. The molecular formula is C15H28F3NO. The molecule has 120 valence electrons. The van der Waals surface area contributed by atoms with Crippen molar-refractivity contribution in [1.82, 2.24) is 5.32 Å². The number of rotatable bonds is 8. The van der Waals surface area contributed by atoms with Gasteiger partial charge in [0.2, 0.25) is 0 Å². The van der Waals surface area contributed by atoms with E-state index >= 15 is 0 Å². The van der Waals surface area contributed by atoms with Crippen molar-refractivity contribution in [3.05, 3.63) is 0 Å². The highest BCUT2D eigenvalue weighted by Crippen LogP contribution is 2.33. The van der Waals surface area contributed by atoms with E-state index < -0.39 is 12.8 Å². The summed E-state index contributed by atoms with van der Waals surface area (Å²) >= 11 is 0. The minimum atomic E-state index is -4.21. The monoisotopic (exact) mass is 295 g/mol. The van der Waals surface area contributed by atoms with Crippen LogP contribution in [-0.2, 0) is 4.74 Å². The normalized spacial score (nSPS) is 27.8. The molecule has 3 unspecified atom stereocenters. The zero-order valence-electron chi connectivity index (χ0n) is 12.6. The molecule has 0 radical (unpaired) electrons. The maximum Gasteiger partial charge on any atom is 0.411 e. The van der Waals surface area contributed by atoms with Gasteiger partial charge in [0.25, 0.3) is 0 Å². The Morgan fingerprint density at radius 2 is 1.95 bits per heavy atom. The molecule has 3 atom stereocenters. The Morgan fingerprint density at radius 3 is 2.55 bits per heavy atom. The molecule has 0 spiro atoms. The summed E-state index contributed by atoms with van der Waals surface area (Å²) in [4.78, 5) is 0. The number of hydrogen-bond donors (Lipinski definition) is 1. The number of ether oxygens (including phenoxy) is 1. The average molecular weight is 295 g/mol. The Bertz CT molecular complexity index is 258. The molecule has 1 saturated carbocycles. The second kappa shape index (κ2) is 8.88. The molecule has 0 saturated heterocycles. The van der Waals surface area contributed by atoms with Crippen molar-refractivity contribution < 1.29 is 17.9 Å². The minimum absolute atomic E-state index is 0.213. The lowest BCUT2D eigenvalue weighted by Crippen LogP contribution is -2.41. The molecule has 0 amide bonds. The zero-order chi connectivity index (χ0) is 15.0. The van der Waals surface area contributed by atoms with Gasteiger partial charge < -0.3 is 10.1 Å². The number of nitrogens with one attached hydrogen (secondary N) is 1. The van der Waals surface area contributed by atoms with Crippen LogP contribution in [0, 0.1) is 11.8 Å². The van der Waals surface area contributed by atoms with E-state index in [9.17, 15) is 13.2 Å². The standard InChI is InChI=1S/C15H28F3NO/c1-3-8-19-14-6-5-12(4-2)10-13(14)7-9-20-11-15(16,17)18/h12-14,19H,3-11H2,1-2H3. The molecule has 1 aliphatic carbocycles. The maximum absolute atomic E-state index is 12.0. The van der Waals surface area contributed by atoms with Crippen LogP contribution in [0.2, 0.25) is 0 Å². The van der Waals surface area contributed by atoms with E-state index in [1.807, 2.05) is 0 Å². The predicted molar refractivity (Wildman–Crippen MR) is 74.7 cm³/mol. The van der Waals surface area contributed by atoms with Gasteiger partial charge in [-0.1, -0.05) is 20.3 Å². The van der Waals surface area contributed by atoms with Crippen LogP contribution in [0.3, 0.4) is 0 Å². The van der Waals surface area contributed by atoms with E-state index in [1.54, 1.807) is 0 Å². The van der Waals surface area contributed by atoms with Crippen LogP contribution >= 0.6 is 0 Å². The highest BCUT2D eigenvalue weighted by atomic mass is 19.4. The summed E-state index contributed by atoms with van der Waals surface area (Å²) in [6.45, 7) is 4.41. The molecule has 0 aromatic carbocycles. The summed E-state index contributed by atoms with van der Waals surface area (Å²) in [5.74, 6) is 1.18. The van der Waals surface area contributed by atoms with E-state index in [1.165, 1.54) is 12.8 Å². The van der Waals surface area contributed by atoms with Gasteiger partial charge in [-0.15, -0.1) is 0 Å². The van der Waals surface area contributed by atoms with Crippen LogP contribution < -0.4 is 5.32 Å². The van der Waals surface area contributed by atoms with Crippen molar-refractivity contribution in [2.45, 2.75) is 64.6 Å². The summed E-state index contributed by atoms with van der Waals surface area (Å²) in [5, 5.41) is 3.55. The van der Waals surface area contributed by atoms with Crippen LogP contribution in [0.15, 0.2) is 0 Å². The van der Waals surface area contributed by atoms with E-state index in [2.05, 4.69) is 19.2 Å². The fraction of sp³-hybridized carbons (Fsp3) is 1.00. The predicted octanol–water partition coefficient (Wildman–Crippen LogP) is 4.15. The molecule has 1 fully saturated rings. The summed E-state index contributed by atoms with van der Waals surface area (Å²) < 4.78 is 40.9. The number of halogens is 3. The summed E-state index contributed by atoms with van der Waals surface area (Å²) in [6, 6.07) is 0.451. The van der Waals surface area contributed by atoms with Crippen LogP contribution in [0.5, 0.6) is 0 Å². The summed E-state index contributed by atoms with van der Waals surface area (Å²) in [5.41, 5.74) is 0. The third-order valence-corrected chi connectivity index (χ3v) is 4.22. The van der Waals surface area contributed by atoms with Crippen molar-refractivity contribution in [3.8, 4) is 0 Å². The van der Waals surface area contributed by atoms with Gasteiger partial charge in [-0.25, -0.2) is 0 Å². The smallest absolute Gasteiger partial charge is 0.372 e. The lowest BCUT2D eigenvalue weighted by atomic mass is 9.75. The van der Waals surface area contributed by atoms with Gasteiger partial charge >= 0.3 is 6.18 Å². The molecule has 0 heterocycles. The van der Waals surface area contributed by atoms with Gasteiger partial charge in [0.05, 0.1) is 0 Å². The maximum atomic E-state index is 12.0. The van der Waals surface area contributed by atoms with Crippen LogP contribution in [0.25, 0.3) is 0 Å². The third-order valence-electron chi connectivity index (χ3n) is 4.22. The average Bonchev–Trinajstić information content (AvgIpc) is 2.40. The van der Waals surface area contributed by atoms with Gasteiger partial charge in [0.1, 0.15) is 6.61 Å². The topological polar surface area (TPSA) is 21.3 Å². The second-order valence-corrected chi connectivity index (χ2v) is 5.86. The van der Waals surface area contributed by atoms with Gasteiger partial charge in [-0.3, -0.25) is 0 Å². The van der Waals surface area contributed by atoms with Gasteiger partial charge in [-0.2, -0.15) is 13.2 Å². The Morgan fingerprint density at radius 1 is 1.20 bits per heavy atom. The SMILES string of the molecule is CCCNC1CCC(CC)CC1CCOCC(F)(F)F. The fourth-order valence-electron chi connectivity index (χ4n) is 3.07. The molecule has 1 rings (SSSR count). The second-order valence-electron chi connectivity index (χ2n) is 5.86. The first-order chi connectivity index (χ1) is 9.46. The first-order valence-corrected chi connectivity index (χ1v) is 7.84. The Hall–Kier alpha value is -0.290. The highest BCUT2D eigenvalue weighted by Gasteiger charge is 2.30. The fourth-order valence-corrected chi connectivity index (χ4v) is 3.07. The molecule has 1 N–H and O–H groups in total. The molecule has 5 heteroatoms. The quantitative estimate of drug-likeness (QED) is 0.679. The Labute approximate surface area is 120 Å². The lowest BCUT2D eigenvalue weighted by molar-refractivity contribution is -0.174. The Balaban J connectivity index is 2.35. The molecule has 0 bridgehead atoms. The first-order valence-electron chi connectivity index (χ1n) is 7.84. The van der Waals surface area contributed by atoms with Gasteiger partial charge in [-0.05, 0) is 50.5 Å². The molecule has 0 aromatic rings. The van der Waals surface area contributed by atoms with Crippen LogP contribution in [-0.4, -0.2) is 32.0 Å². The van der Waals surface area contributed by atoms with Crippen molar-refractivity contribution in [1.29, 1.82) is 0 Å². The van der Waals surface area contributed by atoms with Crippen LogP contribution in [0.4, 0.5) is 13.2 Å². The lowest BCUT2D eigenvalue weighted by Gasteiger charge is -2.36. The molecule has 1 aliphatic rings. The summed E-state index contributed by atoms with van der Waals surface area (Å²) in [6.07, 6.45) is 2.27. The van der Waals surface area contributed by atoms with Crippen molar-refractivity contribution >= 4 is 0 Å². The van der Waals surface area contributed by atoms with Crippen molar-refractivity contribution in [3.63, 3.8) is 0 Å².